The van der Waals surface area contributed by atoms with E-state index in [1.807, 2.05) is 37.3 Å². The average Bonchev–Trinajstić information content (AvgIpc) is 2.63. The number of halogens is 1. The fourth-order valence-corrected chi connectivity index (χ4v) is 2.71. The minimum atomic E-state index is 0.303. The fourth-order valence-electron chi connectivity index (χ4n) is 2.43. The van der Waals surface area contributed by atoms with Gasteiger partial charge in [0.25, 0.3) is 0 Å². The molecule has 2 rings (SSSR count). The van der Waals surface area contributed by atoms with Crippen molar-refractivity contribution in [2.75, 3.05) is 26.1 Å². The number of methoxy groups -OCH3 is 2. The maximum atomic E-state index is 6.28. The van der Waals surface area contributed by atoms with Crippen molar-refractivity contribution in [3.63, 3.8) is 0 Å². The van der Waals surface area contributed by atoms with Crippen molar-refractivity contribution in [2.45, 2.75) is 20.1 Å². The van der Waals surface area contributed by atoms with Crippen molar-refractivity contribution in [3.8, 4) is 11.5 Å². The molecule has 0 aliphatic rings. The number of guanidine groups is 1. The van der Waals surface area contributed by atoms with E-state index in [2.05, 4.69) is 10.3 Å². The van der Waals surface area contributed by atoms with Crippen molar-refractivity contribution in [1.29, 1.82) is 0 Å². The van der Waals surface area contributed by atoms with Crippen molar-refractivity contribution in [3.05, 3.63) is 52.5 Å². The number of aliphatic imine (C=N–C) groups is 1. The second kappa shape index (κ2) is 9.89. The van der Waals surface area contributed by atoms with E-state index in [0.29, 0.717) is 42.2 Å². The van der Waals surface area contributed by atoms with E-state index in [-0.39, 0.29) is 0 Å². The standard InChI is InChI=1S/C19H24ClN3O3/c1-4-26-18-15(20)9-13(10-17(18)25-3)11-22-19(21)23-16-8-6-5-7-14(16)12-24-2/h5-10H,4,11-12H2,1-3H3,(H3,21,22,23). The third kappa shape index (κ3) is 5.28. The van der Waals surface area contributed by atoms with E-state index in [9.17, 15) is 0 Å². The van der Waals surface area contributed by atoms with Crippen LogP contribution in [-0.4, -0.2) is 26.8 Å². The monoisotopic (exact) mass is 377 g/mol. The largest absolute Gasteiger partial charge is 0.493 e. The molecule has 0 amide bonds. The van der Waals surface area contributed by atoms with Crippen LogP contribution in [0.3, 0.4) is 0 Å². The van der Waals surface area contributed by atoms with Crippen LogP contribution in [0.15, 0.2) is 41.4 Å². The SMILES string of the molecule is CCOc1c(Cl)cc(CN=C(N)Nc2ccccc2COC)cc1OC. The lowest BCUT2D eigenvalue weighted by Crippen LogP contribution is -2.23. The highest BCUT2D eigenvalue weighted by Gasteiger charge is 2.11. The lowest BCUT2D eigenvalue weighted by molar-refractivity contribution is 0.185. The van der Waals surface area contributed by atoms with Crippen LogP contribution >= 0.6 is 11.6 Å². The number of anilines is 1. The van der Waals surface area contributed by atoms with Gasteiger partial charge in [0, 0.05) is 18.4 Å². The van der Waals surface area contributed by atoms with E-state index in [1.54, 1.807) is 20.3 Å². The average molecular weight is 378 g/mol. The Morgan fingerprint density at radius 1 is 1.23 bits per heavy atom. The van der Waals surface area contributed by atoms with E-state index in [0.717, 1.165) is 16.8 Å². The minimum absolute atomic E-state index is 0.303. The molecule has 6 nitrogen and oxygen atoms in total. The predicted molar refractivity (Wildman–Crippen MR) is 105 cm³/mol. The zero-order valence-corrected chi connectivity index (χ0v) is 16.0. The van der Waals surface area contributed by atoms with Gasteiger partial charge in [0.1, 0.15) is 0 Å². The molecule has 2 aromatic rings. The van der Waals surface area contributed by atoms with Gasteiger partial charge in [-0.05, 0) is 30.7 Å². The highest BCUT2D eigenvalue weighted by atomic mass is 35.5. The summed E-state index contributed by atoms with van der Waals surface area (Å²) in [6.07, 6.45) is 0. The first-order valence-corrected chi connectivity index (χ1v) is 8.59. The van der Waals surface area contributed by atoms with Gasteiger partial charge in [-0.25, -0.2) is 4.99 Å². The van der Waals surface area contributed by atoms with Crippen LogP contribution in [0.25, 0.3) is 0 Å². The first kappa shape index (κ1) is 19.9. The number of rotatable bonds is 8. The zero-order valence-electron chi connectivity index (χ0n) is 15.2. The van der Waals surface area contributed by atoms with Gasteiger partial charge < -0.3 is 25.3 Å². The van der Waals surface area contributed by atoms with E-state index >= 15 is 0 Å². The molecule has 0 aliphatic carbocycles. The Morgan fingerprint density at radius 2 is 2.00 bits per heavy atom. The summed E-state index contributed by atoms with van der Waals surface area (Å²) in [6, 6.07) is 11.4. The predicted octanol–water partition coefficient (Wildman–Crippen LogP) is 3.82. The van der Waals surface area contributed by atoms with Crippen LogP contribution < -0.4 is 20.5 Å². The van der Waals surface area contributed by atoms with Crippen molar-refractivity contribution < 1.29 is 14.2 Å². The van der Waals surface area contributed by atoms with Gasteiger partial charge in [-0.2, -0.15) is 0 Å². The Hall–Kier alpha value is -2.44. The summed E-state index contributed by atoms with van der Waals surface area (Å²) >= 11 is 6.28. The van der Waals surface area contributed by atoms with Gasteiger partial charge in [-0.1, -0.05) is 29.8 Å². The molecule has 0 saturated carbocycles. The van der Waals surface area contributed by atoms with Crippen molar-refractivity contribution >= 4 is 23.2 Å². The summed E-state index contributed by atoms with van der Waals surface area (Å²) in [5, 5.41) is 3.58. The molecule has 0 unspecified atom stereocenters. The zero-order chi connectivity index (χ0) is 18.9. The molecule has 0 aromatic heterocycles. The molecule has 0 fully saturated rings. The lowest BCUT2D eigenvalue weighted by Gasteiger charge is -2.13. The number of nitrogens with zero attached hydrogens (tertiary/aromatic N) is 1. The van der Waals surface area contributed by atoms with Gasteiger partial charge in [-0.3, -0.25) is 0 Å². The molecule has 0 atom stereocenters. The number of para-hydroxylation sites is 1. The molecule has 3 N–H and O–H groups in total. The van der Waals surface area contributed by atoms with Crippen LogP contribution in [0.2, 0.25) is 5.02 Å². The van der Waals surface area contributed by atoms with Crippen LogP contribution in [0.1, 0.15) is 18.1 Å². The van der Waals surface area contributed by atoms with Gasteiger partial charge in [0.2, 0.25) is 0 Å². The Labute approximate surface area is 158 Å². The van der Waals surface area contributed by atoms with Crippen molar-refractivity contribution in [1.82, 2.24) is 0 Å². The maximum Gasteiger partial charge on any atom is 0.193 e. The first-order valence-electron chi connectivity index (χ1n) is 8.22. The molecular formula is C19H24ClN3O3. The third-order valence-electron chi connectivity index (χ3n) is 3.59. The van der Waals surface area contributed by atoms with Gasteiger partial charge in [0.05, 0.1) is 31.9 Å². The Kier molecular flexibility index (Phi) is 7.56. The molecule has 0 spiro atoms. The molecule has 0 aliphatic heterocycles. The third-order valence-corrected chi connectivity index (χ3v) is 3.87. The molecule has 0 heterocycles. The van der Waals surface area contributed by atoms with E-state index in [1.165, 1.54) is 0 Å². The quantitative estimate of drug-likeness (QED) is 0.540. The Bertz CT molecular complexity index is 766. The Balaban J connectivity index is 2.13. The van der Waals surface area contributed by atoms with Gasteiger partial charge in [-0.15, -0.1) is 0 Å². The summed E-state index contributed by atoms with van der Waals surface area (Å²) in [6.45, 7) is 3.24. The van der Waals surface area contributed by atoms with Crippen LogP contribution in [0, 0.1) is 0 Å². The summed E-state index contributed by atoms with van der Waals surface area (Å²) in [7, 11) is 3.22. The van der Waals surface area contributed by atoms with Crippen LogP contribution in [0.5, 0.6) is 11.5 Å². The first-order chi connectivity index (χ1) is 12.6. The molecule has 140 valence electrons. The van der Waals surface area contributed by atoms with Crippen LogP contribution in [0.4, 0.5) is 5.69 Å². The number of hydrogen-bond acceptors (Lipinski definition) is 4. The molecule has 0 saturated heterocycles. The molecule has 7 heteroatoms. The molecule has 26 heavy (non-hydrogen) atoms. The molecule has 0 radical (unpaired) electrons. The highest BCUT2D eigenvalue weighted by Crippen LogP contribution is 2.36. The minimum Gasteiger partial charge on any atom is -0.493 e. The van der Waals surface area contributed by atoms with E-state index in [4.69, 9.17) is 31.5 Å². The van der Waals surface area contributed by atoms with Crippen molar-refractivity contribution in [2.24, 2.45) is 10.7 Å². The fraction of sp³-hybridized carbons (Fsp3) is 0.316. The number of benzene rings is 2. The number of ether oxygens (including phenoxy) is 3. The molecule has 0 bridgehead atoms. The van der Waals surface area contributed by atoms with Gasteiger partial charge in [0.15, 0.2) is 17.5 Å². The summed E-state index contributed by atoms with van der Waals surface area (Å²) in [5.41, 5.74) is 8.74. The summed E-state index contributed by atoms with van der Waals surface area (Å²) in [4.78, 5) is 4.37. The molecule has 2 aromatic carbocycles. The molecular weight excluding hydrogens is 354 g/mol. The van der Waals surface area contributed by atoms with E-state index < -0.39 is 0 Å². The lowest BCUT2D eigenvalue weighted by atomic mass is 10.2. The summed E-state index contributed by atoms with van der Waals surface area (Å²) < 4.78 is 16.0. The maximum absolute atomic E-state index is 6.28. The number of hydrogen-bond donors (Lipinski definition) is 2. The summed E-state index contributed by atoms with van der Waals surface area (Å²) in [5.74, 6) is 1.41. The topological polar surface area (TPSA) is 78.1 Å². The second-order valence-electron chi connectivity index (χ2n) is 5.46. The Morgan fingerprint density at radius 3 is 2.69 bits per heavy atom. The highest BCUT2D eigenvalue weighted by molar-refractivity contribution is 6.32. The van der Waals surface area contributed by atoms with Gasteiger partial charge >= 0.3 is 0 Å². The van der Waals surface area contributed by atoms with Crippen LogP contribution in [-0.2, 0) is 17.9 Å². The smallest absolute Gasteiger partial charge is 0.193 e. The number of nitrogens with one attached hydrogen (secondary N) is 1. The normalized spacial score (nSPS) is 11.3. The number of nitrogens with two attached hydrogens (primary N) is 1. The second-order valence-corrected chi connectivity index (χ2v) is 5.87.